The Kier molecular flexibility index (Phi) is 2.52. The number of aromatic nitrogens is 1. The Hall–Kier alpha value is -2.54. The van der Waals surface area contributed by atoms with E-state index in [0.29, 0.717) is 5.92 Å². The SMILES string of the molecule is CC1C=Cc2cc3c4cc5ccccc5cc4n(C)c3cc2C1. The lowest BCUT2D eigenvalue weighted by molar-refractivity contribution is 0.718. The van der Waals surface area contributed by atoms with E-state index in [0.717, 1.165) is 6.42 Å². The van der Waals surface area contributed by atoms with Crippen LogP contribution in [0.3, 0.4) is 0 Å². The summed E-state index contributed by atoms with van der Waals surface area (Å²) in [7, 11) is 2.19. The van der Waals surface area contributed by atoms with Gasteiger partial charge in [0.05, 0.1) is 0 Å². The molecule has 1 aromatic heterocycles. The number of aryl methyl sites for hydroxylation is 1. The first kappa shape index (κ1) is 13.0. The molecule has 1 heteroatoms. The molecule has 0 aliphatic heterocycles. The minimum absolute atomic E-state index is 0.636. The molecule has 3 aromatic carbocycles. The van der Waals surface area contributed by atoms with Crippen molar-refractivity contribution in [2.45, 2.75) is 13.3 Å². The molecule has 0 N–H and O–H groups in total. The number of nitrogens with zero attached hydrogens (tertiary/aromatic N) is 1. The summed E-state index contributed by atoms with van der Waals surface area (Å²) in [5.41, 5.74) is 5.52. The van der Waals surface area contributed by atoms with E-state index in [9.17, 15) is 0 Å². The van der Waals surface area contributed by atoms with Gasteiger partial charge in [-0.25, -0.2) is 0 Å². The molecular formula is C22H19N. The van der Waals surface area contributed by atoms with Crippen LogP contribution in [-0.4, -0.2) is 4.57 Å². The predicted molar refractivity (Wildman–Crippen MR) is 99.8 cm³/mol. The molecule has 4 aromatic rings. The van der Waals surface area contributed by atoms with Gasteiger partial charge in [-0.3, -0.25) is 0 Å². The summed E-state index contributed by atoms with van der Waals surface area (Å²) in [6.45, 7) is 2.29. The molecule has 0 amide bonds. The Morgan fingerprint density at radius 1 is 0.913 bits per heavy atom. The third kappa shape index (κ3) is 1.80. The van der Waals surface area contributed by atoms with E-state index in [-0.39, 0.29) is 0 Å². The first-order chi connectivity index (χ1) is 11.2. The highest BCUT2D eigenvalue weighted by atomic mass is 14.9. The van der Waals surface area contributed by atoms with Crippen molar-refractivity contribution >= 4 is 38.7 Å². The zero-order valence-electron chi connectivity index (χ0n) is 13.5. The maximum atomic E-state index is 2.40. The van der Waals surface area contributed by atoms with Crippen molar-refractivity contribution in [1.29, 1.82) is 0 Å². The summed E-state index contributed by atoms with van der Waals surface area (Å²) in [6, 6.07) is 18.1. The highest BCUT2D eigenvalue weighted by Crippen LogP contribution is 2.35. The average molecular weight is 297 g/mol. The van der Waals surface area contributed by atoms with E-state index in [4.69, 9.17) is 0 Å². The van der Waals surface area contributed by atoms with Gasteiger partial charge in [-0.15, -0.1) is 0 Å². The molecule has 0 saturated carbocycles. The van der Waals surface area contributed by atoms with Crippen LogP contribution in [0, 0.1) is 5.92 Å². The predicted octanol–water partition coefficient (Wildman–Crippen LogP) is 5.69. The van der Waals surface area contributed by atoms with E-state index >= 15 is 0 Å². The van der Waals surface area contributed by atoms with Crippen LogP contribution in [-0.2, 0) is 13.5 Å². The summed E-state index contributed by atoms with van der Waals surface area (Å²) in [5.74, 6) is 0.636. The topological polar surface area (TPSA) is 4.93 Å². The summed E-state index contributed by atoms with van der Waals surface area (Å²) < 4.78 is 2.35. The lowest BCUT2D eigenvalue weighted by Crippen LogP contribution is -2.03. The first-order valence-electron chi connectivity index (χ1n) is 8.33. The fourth-order valence-electron chi connectivity index (χ4n) is 4.01. The Labute approximate surface area is 135 Å². The van der Waals surface area contributed by atoms with Crippen molar-refractivity contribution < 1.29 is 0 Å². The minimum Gasteiger partial charge on any atom is -0.344 e. The second-order valence-electron chi connectivity index (χ2n) is 6.88. The van der Waals surface area contributed by atoms with Crippen molar-refractivity contribution in [3.63, 3.8) is 0 Å². The Balaban J connectivity index is 1.93. The molecule has 112 valence electrons. The molecule has 1 aliphatic rings. The van der Waals surface area contributed by atoms with Gasteiger partial charge in [0.2, 0.25) is 0 Å². The van der Waals surface area contributed by atoms with Gasteiger partial charge >= 0.3 is 0 Å². The van der Waals surface area contributed by atoms with Crippen LogP contribution in [0.4, 0.5) is 0 Å². The molecule has 5 rings (SSSR count). The zero-order valence-corrected chi connectivity index (χ0v) is 13.5. The normalized spacial score (nSPS) is 17.2. The third-order valence-corrected chi connectivity index (χ3v) is 5.28. The van der Waals surface area contributed by atoms with Gasteiger partial charge in [-0.1, -0.05) is 43.3 Å². The molecule has 1 heterocycles. The van der Waals surface area contributed by atoms with Crippen LogP contribution in [0.5, 0.6) is 0 Å². The maximum Gasteiger partial charge on any atom is 0.0495 e. The van der Waals surface area contributed by atoms with Gasteiger partial charge in [0.15, 0.2) is 0 Å². The molecule has 0 spiro atoms. The van der Waals surface area contributed by atoms with E-state index in [1.165, 1.54) is 43.7 Å². The molecule has 1 unspecified atom stereocenters. The number of allylic oxidation sites excluding steroid dienone is 1. The van der Waals surface area contributed by atoms with Crippen molar-refractivity contribution in [3.8, 4) is 0 Å². The third-order valence-electron chi connectivity index (χ3n) is 5.28. The van der Waals surface area contributed by atoms with E-state index in [2.05, 4.69) is 79.2 Å². The smallest absolute Gasteiger partial charge is 0.0495 e. The summed E-state index contributed by atoms with van der Waals surface area (Å²) in [6.07, 6.45) is 5.77. The van der Waals surface area contributed by atoms with Crippen LogP contribution in [0.25, 0.3) is 38.7 Å². The molecular weight excluding hydrogens is 278 g/mol. The maximum absolute atomic E-state index is 2.40. The van der Waals surface area contributed by atoms with Crippen LogP contribution < -0.4 is 0 Å². The Morgan fingerprint density at radius 2 is 1.61 bits per heavy atom. The number of rotatable bonds is 0. The van der Waals surface area contributed by atoms with Crippen LogP contribution in [0.2, 0.25) is 0 Å². The number of benzene rings is 3. The van der Waals surface area contributed by atoms with Crippen LogP contribution in [0.1, 0.15) is 18.1 Å². The van der Waals surface area contributed by atoms with Crippen molar-refractivity contribution in [3.05, 3.63) is 65.7 Å². The summed E-state index contributed by atoms with van der Waals surface area (Å²) in [4.78, 5) is 0. The largest absolute Gasteiger partial charge is 0.344 e. The van der Waals surface area contributed by atoms with Crippen molar-refractivity contribution in [2.75, 3.05) is 0 Å². The van der Waals surface area contributed by atoms with Gasteiger partial charge in [-0.2, -0.15) is 0 Å². The lowest BCUT2D eigenvalue weighted by atomic mass is 9.89. The first-order valence-corrected chi connectivity index (χ1v) is 8.33. The fraction of sp³-hybridized carbons (Fsp3) is 0.182. The number of fused-ring (bicyclic) bond motifs is 5. The Morgan fingerprint density at radius 3 is 2.43 bits per heavy atom. The molecule has 23 heavy (non-hydrogen) atoms. The van der Waals surface area contributed by atoms with Gasteiger partial charge < -0.3 is 4.57 Å². The van der Waals surface area contributed by atoms with E-state index in [1.807, 2.05) is 0 Å². The molecule has 1 aliphatic carbocycles. The molecule has 1 nitrogen and oxygen atoms in total. The van der Waals surface area contributed by atoms with Gasteiger partial charge in [0.25, 0.3) is 0 Å². The van der Waals surface area contributed by atoms with Crippen molar-refractivity contribution in [2.24, 2.45) is 13.0 Å². The van der Waals surface area contributed by atoms with Gasteiger partial charge in [0, 0.05) is 28.9 Å². The zero-order chi connectivity index (χ0) is 15.6. The minimum atomic E-state index is 0.636. The molecule has 0 saturated heterocycles. The van der Waals surface area contributed by atoms with E-state index in [1.54, 1.807) is 0 Å². The van der Waals surface area contributed by atoms with Gasteiger partial charge in [0.1, 0.15) is 0 Å². The highest BCUT2D eigenvalue weighted by molar-refractivity contribution is 6.13. The second-order valence-corrected chi connectivity index (χ2v) is 6.88. The average Bonchev–Trinajstić information content (AvgIpc) is 2.83. The quantitative estimate of drug-likeness (QED) is 0.393. The summed E-state index contributed by atoms with van der Waals surface area (Å²) in [5, 5.41) is 5.35. The standard InChI is InChI=1S/C22H19N/c1-14-7-8-17-11-20-19-10-15-5-3-4-6-16(15)12-21(19)23(2)22(20)13-18(17)9-14/h3-8,10-14H,9H2,1-2H3. The molecule has 0 bridgehead atoms. The molecule has 0 fully saturated rings. The number of hydrogen-bond donors (Lipinski definition) is 0. The number of hydrogen-bond acceptors (Lipinski definition) is 0. The molecule has 0 radical (unpaired) electrons. The summed E-state index contributed by atoms with van der Waals surface area (Å²) >= 11 is 0. The lowest BCUT2D eigenvalue weighted by Gasteiger charge is -2.16. The second kappa shape index (κ2) is 4.48. The van der Waals surface area contributed by atoms with Crippen LogP contribution in [0.15, 0.2) is 54.6 Å². The van der Waals surface area contributed by atoms with Crippen LogP contribution >= 0.6 is 0 Å². The van der Waals surface area contributed by atoms with E-state index < -0.39 is 0 Å². The van der Waals surface area contributed by atoms with Gasteiger partial charge in [-0.05, 0) is 58.5 Å². The molecule has 1 atom stereocenters. The monoisotopic (exact) mass is 297 g/mol. The van der Waals surface area contributed by atoms with Crippen molar-refractivity contribution in [1.82, 2.24) is 4.57 Å². The Bertz CT molecular complexity index is 1110. The fourth-order valence-corrected chi connectivity index (χ4v) is 4.01. The highest BCUT2D eigenvalue weighted by Gasteiger charge is 2.15.